The predicted molar refractivity (Wildman–Crippen MR) is 107 cm³/mol. The highest BCUT2D eigenvalue weighted by Crippen LogP contribution is 2.19. The molecule has 0 unspecified atom stereocenters. The molecule has 0 saturated carbocycles. The van der Waals surface area contributed by atoms with Gasteiger partial charge in [-0.3, -0.25) is 14.5 Å². The number of hydrogen-bond donors (Lipinski definition) is 0. The number of benzene rings is 1. The molecule has 3 rings (SSSR count). The maximum absolute atomic E-state index is 12.7. The minimum atomic E-state index is -0.159. The van der Waals surface area contributed by atoms with E-state index in [1.165, 1.54) is 4.68 Å². The highest BCUT2D eigenvalue weighted by Gasteiger charge is 2.26. The average molecular weight is 405 g/mol. The van der Waals surface area contributed by atoms with Crippen LogP contribution in [0, 0.1) is 0 Å². The first-order valence-corrected chi connectivity index (χ1v) is 9.88. The topological polar surface area (TPSA) is 74.6 Å². The number of piperazine rings is 1. The molecule has 1 saturated heterocycles. The minimum absolute atomic E-state index is 0.132. The van der Waals surface area contributed by atoms with Gasteiger partial charge < -0.3 is 9.80 Å². The summed E-state index contributed by atoms with van der Waals surface area (Å²) in [6, 6.07) is 7.26. The van der Waals surface area contributed by atoms with Crippen molar-refractivity contribution in [2.75, 3.05) is 45.8 Å². The van der Waals surface area contributed by atoms with Crippen LogP contribution in [-0.4, -0.2) is 87.3 Å². The molecule has 28 heavy (non-hydrogen) atoms. The third-order valence-electron chi connectivity index (χ3n) is 4.95. The molecule has 1 aliphatic rings. The molecule has 0 aliphatic carbocycles. The number of rotatable bonds is 6. The molecular weight excluding hydrogens is 380 g/mol. The van der Waals surface area contributed by atoms with Gasteiger partial charge in [-0.2, -0.15) is 0 Å². The highest BCUT2D eigenvalue weighted by molar-refractivity contribution is 6.32. The van der Waals surface area contributed by atoms with Crippen molar-refractivity contribution in [2.24, 2.45) is 0 Å². The van der Waals surface area contributed by atoms with E-state index in [0.29, 0.717) is 43.4 Å². The SMILES string of the molecule is CCN(CC)C(=O)CN1CCN(C(=O)c2cn(-c3ccccc3Cl)nn2)CC1. The maximum Gasteiger partial charge on any atom is 0.276 e. The van der Waals surface area contributed by atoms with E-state index in [2.05, 4.69) is 15.2 Å². The van der Waals surface area contributed by atoms with Crippen LogP contribution in [0.2, 0.25) is 5.02 Å². The van der Waals surface area contributed by atoms with E-state index in [1.54, 1.807) is 17.2 Å². The highest BCUT2D eigenvalue weighted by atomic mass is 35.5. The molecule has 1 aromatic heterocycles. The third-order valence-corrected chi connectivity index (χ3v) is 5.27. The first-order chi connectivity index (χ1) is 13.5. The zero-order chi connectivity index (χ0) is 20.1. The normalized spacial score (nSPS) is 14.9. The lowest BCUT2D eigenvalue weighted by Crippen LogP contribution is -2.51. The van der Waals surface area contributed by atoms with E-state index >= 15 is 0 Å². The molecule has 2 amide bonds. The number of amides is 2. The summed E-state index contributed by atoms with van der Waals surface area (Å²) in [5.41, 5.74) is 0.961. The summed E-state index contributed by atoms with van der Waals surface area (Å²) in [6.07, 6.45) is 1.60. The van der Waals surface area contributed by atoms with Crippen LogP contribution < -0.4 is 0 Å². The lowest BCUT2D eigenvalue weighted by molar-refractivity contribution is -0.132. The Labute approximate surface area is 169 Å². The average Bonchev–Trinajstić information content (AvgIpc) is 3.19. The molecule has 0 atom stereocenters. The van der Waals surface area contributed by atoms with Crippen molar-refractivity contribution < 1.29 is 9.59 Å². The lowest BCUT2D eigenvalue weighted by Gasteiger charge is -2.34. The van der Waals surface area contributed by atoms with Crippen LogP contribution in [0.25, 0.3) is 5.69 Å². The zero-order valence-electron chi connectivity index (χ0n) is 16.2. The molecule has 8 nitrogen and oxygen atoms in total. The van der Waals surface area contributed by atoms with Gasteiger partial charge in [0.15, 0.2) is 5.69 Å². The predicted octanol–water partition coefficient (Wildman–Crippen LogP) is 1.55. The number of aromatic nitrogens is 3. The number of para-hydroxylation sites is 1. The van der Waals surface area contributed by atoms with E-state index in [4.69, 9.17) is 11.6 Å². The van der Waals surface area contributed by atoms with Gasteiger partial charge in [-0.1, -0.05) is 28.9 Å². The fraction of sp³-hybridized carbons (Fsp3) is 0.474. The van der Waals surface area contributed by atoms with Gasteiger partial charge in [0.2, 0.25) is 5.91 Å². The molecule has 0 spiro atoms. The monoisotopic (exact) mass is 404 g/mol. The summed E-state index contributed by atoms with van der Waals surface area (Å²) in [5.74, 6) is -0.0273. The Hall–Kier alpha value is -2.45. The maximum atomic E-state index is 12.7. The molecular formula is C19H25ClN6O2. The van der Waals surface area contributed by atoms with E-state index < -0.39 is 0 Å². The van der Waals surface area contributed by atoms with E-state index in [1.807, 2.05) is 36.9 Å². The molecule has 0 bridgehead atoms. The van der Waals surface area contributed by atoms with Crippen molar-refractivity contribution in [3.63, 3.8) is 0 Å². The van der Waals surface area contributed by atoms with Crippen molar-refractivity contribution in [1.82, 2.24) is 29.7 Å². The second kappa shape index (κ2) is 9.16. The summed E-state index contributed by atoms with van der Waals surface area (Å²) >= 11 is 6.18. The smallest absolute Gasteiger partial charge is 0.276 e. The number of likely N-dealkylation sites (N-methyl/N-ethyl adjacent to an activating group) is 1. The number of hydrogen-bond acceptors (Lipinski definition) is 5. The number of carbonyl (C=O) groups is 2. The standard InChI is InChI=1S/C19H25ClN6O2/c1-3-24(4-2)18(27)14-23-9-11-25(12-10-23)19(28)16-13-26(22-21-16)17-8-6-5-7-15(17)20/h5-8,13H,3-4,9-12,14H2,1-2H3. The van der Waals surface area contributed by atoms with E-state index in [9.17, 15) is 9.59 Å². The number of carbonyl (C=O) groups excluding carboxylic acids is 2. The zero-order valence-corrected chi connectivity index (χ0v) is 17.0. The second-order valence-electron chi connectivity index (χ2n) is 6.63. The molecule has 1 aromatic carbocycles. The molecule has 0 N–H and O–H groups in total. The second-order valence-corrected chi connectivity index (χ2v) is 7.04. The fourth-order valence-corrected chi connectivity index (χ4v) is 3.48. The van der Waals surface area contributed by atoms with Crippen LogP contribution in [-0.2, 0) is 4.79 Å². The Morgan fingerprint density at radius 3 is 2.43 bits per heavy atom. The number of halogens is 1. The van der Waals surface area contributed by atoms with Crippen LogP contribution >= 0.6 is 11.6 Å². The van der Waals surface area contributed by atoms with Crippen LogP contribution in [0.15, 0.2) is 30.5 Å². The Kier molecular flexibility index (Phi) is 6.64. The molecule has 1 aliphatic heterocycles. The van der Waals surface area contributed by atoms with Crippen LogP contribution in [0.4, 0.5) is 0 Å². The van der Waals surface area contributed by atoms with Gasteiger partial charge in [0.05, 0.1) is 23.5 Å². The Morgan fingerprint density at radius 1 is 1.11 bits per heavy atom. The van der Waals surface area contributed by atoms with Gasteiger partial charge in [-0.05, 0) is 26.0 Å². The van der Waals surface area contributed by atoms with Crippen molar-refractivity contribution in [3.8, 4) is 5.69 Å². The van der Waals surface area contributed by atoms with E-state index in [0.717, 1.165) is 13.1 Å². The number of nitrogens with zero attached hydrogens (tertiary/aromatic N) is 6. The van der Waals surface area contributed by atoms with Crippen molar-refractivity contribution in [2.45, 2.75) is 13.8 Å². The fourth-order valence-electron chi connectivity index (χ4n) is 3.26. The Morgan fingerprint density at radius 2 is 1.79 bits per heavy atom. The van der Waals surface area contributed by atoms with Gasteiger partial charge in [-0.15, -0.1) is 5.10 Å². The molecule has 9 heteroatoms. The Balaban J connectivity index is 1.57. The van der Waals surface area contributed by atoms with E-state index in [-0.39, 0.29) is 17.5 Å². The molecule has 1 fully saturated rings. The van der Waals surface area contributed by atoms with Gasteiger partial charge >= 0.3 is 0 Å². The summed E-state index contributed by atoms with van der Waals surface area (Å²) < 4.78 is 1.51. The molecule has 0 radical (unpaired) electrons. The molecule has 150 valence electrons. The van der Waals surface area contributed by atoms with Crippen molar-refractivity contribution in [1.29, 1.82) is 0 Å². The largest absolute Gasteiger partial charge is 0.342 e. The first kappa shape index (κ1) is 20.3. The van der Waals surface area contributed by atoms with Gasteiger partial charge in [0.1, 0.15) is 0 Å². The first-order valence-electron chi connectivity index (χ1n) is 9.50. The minimum Gasteiger partial charge on any atom is -0.342 e. The van der Waals surface area contributed by atoms with Crippen LogP contribution in [0.3, 0.4) is 0 Å². The lowest BCUT2D eigenvalue weighted by atomic mass is 10.2. The quantitative estimate of drug-likeness (QED) is 0.730. The van der Waals surface area contributed by atoms with Gasteiger partial charge in [-0.25, -0.2) is 4.68 Å². The van der Waals surface area contributed by atoms with Crippen molar-refractivity contribution in [3.05, 3.63) is 41.2 Å². The van der Waals surface area contributed by atoms with Gasteiger partial charge in [0, 0.05) is 39.3 Å². The summed E-state index contributed by atoms with van der Waals surface area (Å²) in [6.45, 7) is 8.24. The summed E-state index contributed by atoms with van der Waals surface area (Å²) in [7, 11) is 0. The van der Waals surface area contributed by atoms with Crippen molar-refractivity contribution >= 4 is 23.4 Å². The van der Waals surface area contributed by atoms with Crippen LogP contribution in [0.5, 0.6) is 0 Å². The molecule has 2 heterocycles. The Bertz CT molecular complexity index is 827. The van der Waals surface area contributed by atoms with Crippen LogP contribution in [0.1, 0.15) is 24.3 Å². The summed E-state index contributed by atoms with van der Waals surface area (Å²) in [4.78, 5) is 30.7. The van der Waals surface area contributed by atoms with Gasteiger partial charge in [0.25, 0.3) is 5.91 Å². The third kappa shape index (κ3) is 4.51. The molecule has 2 aromatic rings. The summed E-state index contributed by atoms with van der Waals surface area (Å²) in [5, 5.41) is 8.58.